The van der Waals surface area contributed by atoms with E-state index >= 15 is 0 Å². The average Bonchev–Trinajstić information content (AvgIpc) is 2.91. The number of hydrogen-bond acceptors (Lipinski definition) is 3. The van der Waals surface area contributed by atoms with Crippen molar-refractivity contribution < 1.29 is 4.74 Å². The predicted molar refractivity (Wildman–Crippen MR) is 85.5 cm³/mol. The van der Waals surface area contributed by atoms with Gasteiger partial charge in [-0.2, -0.15) is 0 Å². The molecule has 0 amide bonds. The van der Waals surface area contributed by atoms with Crippen LogP contribution < -0.4 is 10.1 Å². The Morgan fingerprint density at radius 3 is 2.71 bits per heavy atom. The quantitative estimate of drug-likeness (QED) is 0.771. The van der Waals surface area contributed by atoms with Crippen molar-refractivity contribution in [1.29, 1.82) is 0 Å². The lowest BCUT2D eigenvalue weighted by Gasteiger charge is -2.18. The highest BCUT2D eigenvalue weighted by Crippen LogP contribution is 2.10. The third kappa shape index (κ3) is 5.23. The van der Waals surface area contributed by atoms with Gasteiger partial charge < -0.3 is 14.6 Å². The minimum Gasteiger partial charge on any atom is -0.494 e. The van der Waals surface area contributed by atoms with Gasteiger partial charge in [-0.1, -0.05) is 25.1 Å². The summed E-state index contributed by atoms with van der Waals surface area (Å²) in [6.07, 6.45) is 6.93. The van der Waals surface area contributed by atoms with Crippen LogP contribution in [0.1, 0.15) is 25.6 Å². The van der Waals surface area contributed by atoms with Crippen molar-refractivity contribution in [2.45, 2.75) is 32.2 Å². The Bertz CT molecular complexity index is 510. The Morgan fingerprint density at radius 1 is 1.24 bits per heavy atom. The predicted octanol–water partition coefficient (Wildman–Crippen LogP) is 2.80. The van der Waals surface area contributed by atoms with Crippen LogP contribution in [0.4, 0.5) is 0 Å². The molecule has 1 heterocycles. The number of aryl methyl sites for hydroxylation is 2. The molecule has 0 aliphatic heterocycles. The minimum atomic E-state index is 0.468. The minimum absolute atomic E-state index is 0.468. The van der Waals surface area contributed by atoms with Crippen molar-refractivity contribution in [2.24, 2.45) is 7.05 Å². The molecule has 0 aliphatic rings. The normalized spacial score (nSPS) is 12.3. The summed E-state index contributed by atoms with van der Waals surface area (Å²) in [7, 11) is 2.04. The SMILES string of the molecule is CCNC(CCOc1ccccc1)CCc1nccn1C. The van der Waals surface area contributed by atoms with Gasteiger partial charge in [0.05, 0.1) is 6.61 Å². The molecule has 0 bridgehead atoms. The van der Waals surface area contributed by atoms with Crippen molar-refractivity contribution in [3.05, 3.63) is 48.5 Å². The molecule has 1 aromatic carbocycles. The first-order chi connectivity index (χ1) is 10.3. The second kappa shape index (κ2) is 8.47. The Hall–Kier alpha value is -1.81. The third-order valence-electron chi connectivity index (χ3n) is 3.61. The summed E-state index contributed by atoms with van der Waals surface area (Å²) in [5.74, 6) is 2.08. The summed E-state index contributed by atoms with van der Waals surface area (Å²) < 4.78 is 7.87. The summed E-state index contributed by atoms with van der Waals surface area (Å²) in [4.78, 5) is 4.38. The van der Waals surface area contributed by atoms with Gasteiger partial charge in [0.2, 0.25) is 0 Å². The molecule has 1 aromatic heterocycles. The topological polar surface area (TPSA) is 39.1 Å². The van der Waals surface area contributed by atoms with E-state index in [1.165, 1.54) is 0 Å². The lowest BCUT2D eigenvalue weighted by molar-refractivity contribution is 0.281. The van der Waals surface area contributed by atoms with Crippen LogP contribution in [0, 0.1) is 0 Å². The van der Waals surface area contributed by atoms with E-state index in [1.807, 2.05) is 49.8 Å². The molecular weight excluding hydrogens is 262 g/mol. The van der Waals surface area contributed by atoms with E-state index in [4.69, 9.17) is 4.74 Å². The van der Waals surface area contributed by atoms with Gasteiger partial charge in [-0.15, -0.1) is 0 Å². The molecule has 1 unspecified atom stereocenters. The van der Waals surface area contributed by atoms with Crippen molar-refractivity contribution in [2.75, 3.05) is 13.2 Å². The van der Waals surface area contributed by atoms with Crippen molar-refractivity contribution in [1.82, 2.24) is 14.9 Å². The second-order valence-corrected chi connectivity index (χ2v) is 5.20. The van der Waals surface area contributed by atoms with Gasteiger partial charge in [0, 0.05) is 31.9 Å². The van der Waals surface area contributed by atoms with E-state index in [-0.39, 0.29) is 0 Å². The van der Waals surface area contributed by atoms with Crippen molar-refractivity contribution in [3.8, 4) is 5.75 Å². The van der Waals surface area contributed by atoms with Crippen molar-refractivity contribution >= 4 is 0 Å². The van der Waals surface area contributed by atoms with Crippen LogP contribution in [0.2, 0.25) is 0 Å². The van der Waals surface area contributed by atoms with Gasteiger partial charge in [0.1, 0.15) is 11.6 Å². The molecule has 114 valence electrons. The van der Waals surface area contributed by atoms with Gasteiger partial charge in [-0.05, 0) is 31.5 Å². The number of aromatic nitrogens is 2. The molecule has 0 spiro atoms. The number of para-hydroxylation sites is 1. The van der Waals surface area contributed by atoms with Crippen LogP contribution in [0.5, 0.6) is 5.75 Å². The fourth-order valence-electron chi connectivity index (χ4n) is 2.41. The summed E-state index contributed by atoms with van der Waals surface area (Å²) >= 11 is 0. The maximum absolute atomic E-state index is 5.78. The molecule has 0 radical (unpaired) electrons. The van der Waals surface area contributed by atoms with Crippen LogP contribution in [0.15, 0.2) is 42.7 Å². The van der Waals surface area contributed by atoms with Gasteiger partial charge in [-0.25, -0.2) is 4.98 Å². The first kappa shape index (κ1) is 15.6. The molecule has 1 atom stereocenters. The Balaban J connectivity index is 1.75. The number of nitrogens with zero attached hydrogens (tertiary/aromatic N) is 2. The van der Waals surface area contributed by atoms with E-state index in [0.717, 1.165) is 44.0 Å². The van der Waals surface area contributed by atoms with E-state index in [2.05, 4.69) is 21.8 Å². The summed E-state index contributed by atoms with van der Waals surface area (Å²) in [6, 6.07) is 10.5. The Morgan fingerprint density at radius 2 is 2.05 bits per heavy atom. The van der Waals surface area contributed by atoms with Crippen LogP contribution in [-0.2, 0) is 13.5 Å². The monoisotopic (exact) mass is 287 g/mol. The fourth-order valence-corrected chi connectivity index (χ4v) is 2.41. The van der Waals surface area contributed by atoms with Gasteiger partial charge in [0.25, 0.3) is 0 Å². The Labute approximate surface area is 127 Å². The maximum atomic E-state index is 5.78. The van der Waals surface area contributed by atoms with E-state index in [0.29, 0.717) is 6.04 Å². The molecule has 4 heteroatoms. The van der Waals surface area contributed by atoms with E-state index in [9.17, 15) is 0 Å². The third-order valence-corrected chi connectivity index (χ3v) is 3.61. The lowest BCUT2D eigenvalue weighted by Crippen LogP contribution is -2.31. The van der Waals surface area contributed by atoms with Crippen LogP contribution in [0.3, 0.4) is 0 Å². The smallest absolute Gasteiger partial charge is 0.119 e. The zero-order valence-electron chi connectivity index (χ0n) is 13.0. The van der Waals surface area contributed by atoms with Gasteiger partial charge >= 0.3 is 0 Å². The summed E-state index contributed by atoms with van der Waals surface area (Å²) in [6.45, 7) is 3.87. The zero-order chi connectivity index (χ0) is 14.9. The van der Waals surface area contributed by atoms with Crippen LogP contribution >= 0.6 is 0 Å². The molecule has 0 fully saturated rings. The number of hydrogen-bond donors (Lipinski definition) is 1. The molecule has 2 aromatic rings. The molecule has 0 saturated carbocycles. The first-order valence-corrected chi connectivity index (χ1v) is 7.67. The van der Waals surface area contributed by atoms with Gasteiger partial charge in [0.15, 0.2) is 0 Å². The van der Waals surface area contributed by atoms with Crippen molar-refractivity contribution in [3.63, 3.8) is 0 Å². The molecule has 0 aliphatic carbocycles. The highest BCUT2D eigenvalue weighted by Gasteiger charge is 2.09. The highest BCUT2D eigenvalue weighted by atomic mass is 16.5. The van der Waals surface area contributed by atoms with Crippen LogP contribution in [0.25, 0.3) is 0 Å². The number of ether oxygens (including phenoxy) is 1. The van der Waals surface area contributed by atoms with Crippen LogP contribution in [-0.4, -0.2) is 28.7 Å². The molecule has 4 nitrogen and oxygen atoms in total. The van der Waals surface area contributed by atoms with Gasteiger partial charge in [-0.3, -0.25) is 0 Å². The largest absolute Gasteiger partial charge is 0.494 e. The van der Waals surface area contributed by atoms with E-state index < -0.39 is 0 Å². The Kier molecular flexibility index (Phi) is 6.28. The number of rotatable bonds is 9. The first-order valence-electron chi connectivity index (χ1n) is 7.67. The zero-order valence-corrected chi connectivity index (χ0v) is 13.0. The standard InChI is InChI=1S/C17H25N3O/c1-3-18-15(9-10-17-19-12-13-20(17)2)11-14-21-16-7-5-4-6-8-16/h4-8,12-13,15,18H,3,9-11,14H2,1-2H3. The average molecular weight is 287 g/mol. The molecule has 1 N–H and O–H groups in total. The maximum Gasteiger partial charge on any atom is 0.119 e. The molecule has 21 heavy (non-hydrogen) atoms. The molecule has 0 saturated heterocycles. The highest BCUT2D eigenvalue weighted by molar-refractivity contribution is 5.20. The number of benzene rings is 1. The molecule has 2 rings (SSSR count). The van der Waals surface area contributed by atoms with E-state index in [1.54, 1.807) is 0 Å². The lowest BCUT2D eigenvalue weighted by atomic mass is 10.1. The summed E-state index contributed by atoms with van der Waals surface area (Å²) in [5, 5.41) is 3.53. The number of nitrogens with one attached hydrogen (secondary N) is 1. The molecular formula is C17H25N3O. The second-order valence-electron chi connectivity index (χ2n) is 5.20. The number of imidazole rings is 1. The fraction of sp³-hybridized carbons (Fsp3) is 0.471. The summed E-state index contributed by atoms with van der Waals surface area (Å²) in [5.41, 5.74) is 0.